The molecule has 0 spiro atoms. The van der Waals surface area contributed by atoms with Crippen molar-refractivity contribution in [3.8, 4) is 0 Å². The number of carbonyl (C=O) groups excluding carboxylic acids is 1. The van der Waals surface area contributed by atoms with Crippen molar-refractivity contribution >= 4 is 5.91 Å². The molecular weight excluding hydrogens is 200 g/mol. The van der Waals surface area contributed by atoms with Crippen molar-refractivity contribution in [1.29, 1.82) is 0 Å². The van der Waals surface area contributed by atoms with Crippen LogP contribution in [0.15, 0.2) is 24.3 Å². The summed E-state index contributed by atoms with van der Waals surface area (Å²) < 4.78 is 0. The molecule has 0 rings (SSSR count). The Morgan fingerprint density at radius 3 is 2.50 bits per heavy atom. The van der Waals surface area contributed by atoms with E-state index in [2.05, 4.69) is 19.2 Å². The average Bonchev–Trinajstić information content (AvgIpc) is 2.16. The van der Waals surface area contributed by atoms with Crippen molar-refractivity contribution in [2.45, 2.75) is 39.7 Å². The molecule has 3 N–H and O–H groups in total. The van der Waals surface area contributed by atoms with E-state index in [1.165, 1.54) is 6.08 Å². The highest BCUT2D eigenvalue weighted by Gasteiger charge is 2.24. The van der Waals surface area contributed by atoms with E-state index in [0.29, 0.717) is 12.5 Å². The minimum atomic E-state index is -0.314. The zero-order valence-corrected chi connectivity index (χ0v) is 10.8. The van der Waals surface area contributed by atoms with Crippen LogP contribution >= 0.6 is 0 Å². The lowest BCUT2D eigenvalue weighted by Crippen LogP contribution is -2.51. The highest BCUT2D eigenvalue weighted by molar-refractivity contribution is 5.88. The summed E-state index contributed by atoms with van der Waals surface area (Å²) >= 11 is 0. The van der Waals surface area contributed by atoms with Crippen LogP contribution in [0.2, 0.25) is 0 Å². The first-order chi connectivity index (χ1) is 7.43. The summed E-state index contributed by atoms with van der Waals surface area (Å²) in [6.45, 7) is 8.58. The molecule has 0 radical (unpaired) electrons. The fourth-order valence-electron chi connectivity index (χ4n) is 1.68. The minimum absolute atomic E-state index is 0.0910. The van der Waals surface area contributed by atoms with E-state index >= 15 is 0 Å². The van der Waals surface area contributed by atoms with Gasteiger partial charge in [0.2, 0.25) is 5.91 Å². The molecule has 16 heavy (non-hydrogen) atoms. The Balaban J connectivity index is 4.36. The van der Waals surface area contributed by atoms with Gasteiger partial charge in [-0.1, -0.05) is 32.1 Å². The standard InChI is InChI=1S/C13H24N2O/c1-5-6-7-8-12(16)15-13(4,10-14)9-11(2)3/h5-8,11H,9-10,14H2,1-4H3,(H,15,16)/b6-5+,8-7?. The second-order valence-electron chi connectivity index (χ2n) is 4.74. The van der Waals surface area contributed by atoms with E-state index in [1.807, 2.05) is 26.0 Å². The highest BCUT2D eigenvalue weighted by Crippen LogP contribution is 2.14. The first kappa shape index (κ1) is 14.9. The molecule has 0 aromatic rings. The van der Waals surface area contributed by atoms with Gasteiger partial charge in [-0.25, -0.2) is 0 Å². The second kappa shape index (κ2) is 7.23. The maximum atomic E-state index is 11.6. The van der Waals surface area contributed by atoms with E-state index in [-0.39, 0.29) is 11.4 Å². The highest BCUT2D eigenvalue weighted by atomic mass is 16.1. The van der Waals surface area contributed by atoms with Crippen molar-refractivity contribution in [1.82, 2.24) is 5.32 Å². The topological polar surface area (TPSA) is 55.1 Å². The molecule has 0 bridgehead atoms. The summed E-state index contributed by atoms with van der Waals surface area (Å²) in [5.74, 6) is 0.417. The zero-order chi connectivity index (χ0) is 12.6. The molecule has 3 nitrogen and oxygen atoms in total. The van der Waals surface area contributed by atoms with E-state index in [1.54, 1.807) is 6.08 Å². The summed E-state index contributed by atoms with van der Waals surface area (Å²) in [7, 11) is 0. The van der Waals surface area contributed by atoms with Crippen LogP contribution in [0.3, 0.4) is 0 Å². The average molecular weight is 224 g/mol. The SMILES string of the molecule is C/C=C/C=CC(=O)NC(C)(CN)CC(C)C. The molecule has 1 unspecified atom stereocenters. The first-order valence-electron chi connectivity index (χ1n) is 5.75. The number of rotatable bonds is 6. The molecule has 0 saturated heterocycles. The van der Waals surface area contributed by atoms with Gasteiger partial charge in [-0.2, -0.15) is 0 Å². The molecule has 1 amide bonds. The molecule has 0 aromatic heterocycles. The smallest absolute Gasteiger partial charge is 0.244 e. The normalized spacial score (nSPS) is 15.9. The monoisotopic (exact) mass is 224 g/mol. The maximum Gasteiger partial charge on any atom is 0.244 e. The maximum absolute atomic E-state index is 11.6. The van der Waals surface area contributed by atoms with Gasteiger partial charge in [-0.05, 0) is 26.2 Å². The Hall–Kier alpha value is -1.09. The molecule has 0 fully saturated rings. The minimum Gasteiger partial charge on any atom is -0.346 e. The van der Waals surface area contributed by atoms with Crippen molar-refractivity contribution < 1.29 is 4.79 Å². The van der Waals surface area contributed by atoms with Crippen LogP contribution in [0.25, 0.3) is 0 Å². The van der Waals surface area contributed by atoms with Gasteiger partial charge in [-0.15, -0.1) is 0 Å². The number of amides is 1. The lowest BCUT2D eigenvalue weighted by atomic mass is 9.91. The summed E-state index contributed by atoms with van der Waals surface area (Å²) in [5.41, 5.74) is 5.39. The van der Waals surface area contributed by atoms with Gasteiger partial charge in [0.1, 0.15) is 0 Å². The molecule has 1 atom stereocenters. The summed E-state index contributed by atoms with van der Waals surface area (Å²) in [4.78, 5) is 11.6. The number of hydrogen-bond acceptors (Lipinski definition) is 2. The fourth-order valence-corrected chi connectivity index (χ4v) is 1.68. The van der Waals surface area contributed by atoms with Crippen LogP contribution in [0.5, 0.6) is 0 Å². The molecule has 0 saturated carbocycles. The fraction of sp³-hybridized carbons (Fsp3) is 0.615. The van der Waals surface area contributed by atoms with E-state index in [4.69, 9.17) is 5.73 Å². The third-order valence-corrected chi connectivity index (χ3v) is 2.29. The lowest BCUT2D eigenvalue weighted by Gasteiger charge is -2.30. The van der Waals surface area contributed by atoms with Crippen molar-refractivity contribution in [2.75, 3.05) is 6.54 Å². The number of nitrogens with two attached hydrogens (primary N) is 1. The summed E-state index contributed by atoms with van der Waals surface area (Å²) in [6.07, 6.45) is 7.82. The van der Waals surface area contributed by atoms with Crippen LogP contribution in [0.1, 0.15) is 34.1 Å². The Morgan fingerprint density at radius 1 is 1.44 bits per heavy atom. The van der Waals surface area contributed by atoms with Gasteiger partial charge in [-0.3, -0.25) is 4.79 Å². The molecule has 0 aliphatic carbocycles. The predicted octanol–water partition coefficient (Wildman–Crippen LogP) is 2.00. The zero-order valence-electron chi connectivity index (χ0n) is 10.8. The number of nitrogens with one attached hydrogen (secondary N) is 1. The van der Waals surface area contributed by atoms with Crippen LogP contribution in [-0.4, -0.2) is 18.0 Å². The quantitative estimate of drug-likeness (QED) is 0.535. The molecule has 0 heterocycles. The van der Waals surface area contributed by atoms with Gasteiger partial charge in [0, 0.05) is 18.2 Å². The number of carbonyl (C=O) groups is 1. The van der Waals surface area contributed by atoms with Crippen LogP contribution < -0.4 is 11.1 Å². The molecule has 0 aliphatic heterocycles. The van der Waals surface area contributed by atoms with Gasteiger partial charge in [0.25, 0.3) is 0 Å². The second-order valence-corrected chi connectivity index (χ2v) is 4.74. The van der Waals surface area contributed by atoms with Crippen molar-refractivity contribution in [3.05, 3.63) is 24.3 Å². The largest absolute Gasteiger partial charge is 0.346 e. The van der Waals surface area contributed by atoms with E-state index in [9.17, 15) is 4.79 Å². The molecule has 0 aromatic carbocycles. The Morgan fingerprint density at radius 2 is 2.06 bits per heavy atom. The van der Waals surface area contributed by atoms with Gasteiger partial charge in [0.15, 0.2) is 0 Å². The van der Waals surface area contributed by atoms with Crippen molar-refractivity contribution in [3.63, 3.8) is 0 Å². The third-order valence-electron chi connectivity index (χ3n) is 2.29. The van der Waals surface area contributed by atoms with Crippen LogP contribution in [-0.2, 0) is 4.79 Å². The Kier molecular flexibility index (Phi) is 6.74. The lowest BCUT2D eigenvalue weighted by molar-refractivity contribution is -0.118. The third kappa shape index (κ3) is 6.40. The summed E-state index contributed by atoms with van der Waals surface area (Å²) in [5, 5.41) is 2.95. The molecule has 3 heteroatoms. The summed E-state index contributed by atoms with van der Waals surface area (Å²) in [6, 6.07) is 0. The van der Waals surface area contributed by atoms with E-state index < -0.39 is 0 Å². The molecule has 0 aliphatic rings. The van der Waals surface area contributed by atoms with Gasteiger partial charge in [0.05, 0.1) is 0 Å². The number of allylic oxidation sites excluding steroid dienone is 3. The molecule has 92 valence electrons. The predicted molar refractivity (Wildman–Crippen MR) is 69.0 cm³/mol. The Labute approximate surface area is 98.8 Å². The van der Waals surface area contributed by atoms with Gasteiger partial charge < -0.3 is 11.1 Å². The molecular formula is C13H24N2O. The van der Waals surface area contributed by atoms with E-state index in [0.717, 1.165) is 6.42 Å². The van der Waals surface area contributed by atoms with Crippen LogP contribution in [0, 0.1) is 5.92 Å². The first-order valence-corrected chi connectivity index (χ1v) is 5.75. The van der Waals surface area contributed by atoms with Gasteiger partial charge >= 0.3 is 0 Å². The van der Waals surface area contributed by atoms with Crippen LogP contribution in [0.4, 0.5) is 0 Å². The van der Waals surface area contributed by atoms with Crippen molar-refractivity contribution in [2.24, 2.45) is 11.7 Å². The number of hydrogen-bond donors (Lipinski definition) is 2. The Bertz CT molecular complexity index is 269.